The molecule has 102 valence electrons. The van der Waals surface area contributed by atoms with Crippen LogP contribution in [-0.2, 0) is 11.3 Å². The van der Waals surface area contributed by atoms with Crippen molar-refractivity contribution in [2.75, 3.05) is 13.1 Å². The standard InChI is InChI=1S/C15H19ClN2O/c1-10-4-5-11(13(16)7-10)8-18-9-14-12(15(18)19)3-2-6-17-14/h4-5,7,12,14,17H,2-3,6,8-9H2,1H3. The fourth-order valence-corrected chi connectivity index (χ4v) is 3.43. The molecule has 0 aliphatic carbocycles. The Balaban J connectivity index is 1.75. The lowest BCUT2D eigenvalue weighted by atomic mass is 9.94. The minimum absolute atomic E-state index is 0.179. The van der Waals surface area contributed by atoms with Crippen molar-refractivity contribution in [2.45, 2.75) is 32.4 Å². The number of nitrogens with zero attached hydrogens (tertiary/aromatic N) is 1. The van der Waals surface area contributed by atoms with E-state index in [1.54, 1.807) is 0 Å². The van der Waals surface area contributed by atoms with Gasteiger partial charge in [-0.25, -0.2) is 0 Å². The van der Waals surface area contributed by atoms with E-state index in [-0.39, 0.29) is 11.8 Å². The Kier molecular flexibility index (Phi) is 3.50. The molecule has 0 saturated carbocycles. The summed E-state index contributed by atoms with van der Waals surface area (Å²) in [5, 5.41) is 4.22. The number of hydrogen-bond donors (Lipinski definition) is 1. The fourth-order valence-electron chi connectivity index (χ4n) is 3.13. The molecule has 19 heavy (non-hydrogen) atoms. The van der Waals surface area contributed by atoms with Gasteiger partial charge in [0.25, 0.3) is 0 Å². The van der Waals surface area contributed by atoms with Crippen LogP contribution < -0.4 is 5.32 Å². The summed E-state index contributed by atoms with van der Waals surface area (Å²) in [5.74, 6) is 0.465. The molecule has 2 aliphatic heterocycles. The summed E-state index contributed by atoms with van der Waals surface area (Å²) in [4.78, 5) is 14.3. The van der Waals surface area contributed by atoms with Gasteiger partial charge < -0.3 is 10.2 Å². The number of hydrogen-bond acceptors (Lipinski definition) is 2. The number of amides is 1. The second-order valence-corrected chi connectivity index (χ2v) is 6.03. The summed E-state index contributed by atoms with van der Waals surface area (Å²) < 4.78 is 0. The maximum atomic E-state index is 12.4. The van der Waals surface area contributed by atoms with Gasteiger partial charge in [-0.15, -0.1) is 0 Å². The van der Waals surface area contributed by atoms with Crippen LogP contribution in [0.25, 0.3) is 0 Å². The normalized spacial score (nSPS) is 26.6. The number of nitrogens with one attached hydrogen (secondary N) is 1. The third kappa shape index (κ3) is 2.49. The topological polar surface area (TPSA) is 32.3 Å². The number of benzene rings is 1. The van der Waals surface area contributed by atoms with Crippen molar-refractivity contribution >= 4 is 17.5 Å². The first-order chi connectivity index (χ1) is 9.15. The van der Waals surface area contributed by atoms with Gasteiger partial charge in [0, 0.05) is 24.2 Å². The zero-order valence-corrected chi connectivity index (χ0v) is 11.9. The van der Waals surface area contributed by atoms with Crippen molar-refractivity contribution in [3.8, 4) is 0 Å². The van der Waals surface area contributed by atoms with Crippen LogP contribution in [0.5, 0.6) is 0 Å². The van der Waals surface area contributed by atoms with Gasteiger partial charge in [-0.05, 0) is 43.5 Å². The van der Waals surface area contributed by atoms with Crippen molar-refractivity contribution in [1.82, 2.24) is 10.2 Å². The molecule has 2 saturated heterocycles. The van der Waals surface area contributed by atoms with Crippen molar-refractivity contribution < 1.29 is 4.79 Å². The maximum Gasteiger partial charge on any atom is 0.227 e. The molecule has 0 radical (unpaired) electrons. The molecule has 3 rings (SSSR count). The second-order valence-electron chi connectivity index (χ2n) is 5.62. The smallest absolute Gasteiger partial charge is 0.227 e. The van der Waals surface area contributed by atoms with E-state index in [0.29, 0.717) is 12.6 Å². The van der Waals surface area contributed by atoms with E-state index in [0.717, 1.165) is 42.1 Å². The van der Waals surface area contributed by atoms with Gasteiger partial charge in [0.2, 0.25) is 5.91 Å². The van der Waals surface area contributed by atoms with Gasteiger partial charge in [-0.1, -0.05) is 23.7 Å². The molecular weight excluding hydrogens is 260 g/mol. The van der Waals surface area contributed by atoms with E-state index in [2.05, 4.69) is 5.32 Å². The summed E-state index contributed by atoms with van der Waals surface area (Å²) in [6.45, 7) is 4.50. The fraction of sp³-hybridized carbons (Fsp3) is 0.533. The Hall–Kier alpha value is -1.06. The third-order valence-electron chi connectivity index (χ3n) is 4.20. The van der Waals surface area contributed by atoms with Gasteiger partial charge in [0.05, 0.1) is 5.92 Å². The maximum absolute atomic E-state index is 12.4. The highest BCUT2D eigenvalue weighted by Gasteiger charge is 2.41. The lowest BCUT2D eigenvalue weighted by molar-refractivity contribution is -0.131. The van der Waals surface area contributed by atoms with Crippen molar-refractivity contribution in [3.05, 3.63) is 34.3 Å². The molecule has 1 N–H and O–H groups in total. The predicted molar refractivity (Wildman–Crippen MR) is 76.1 cm³/mol. The molecule has 4 heteroatoms. The number of carbonyl (C=O) groups is 1. The monoisotopic (exact) mass is 278 g/mol. The quantitative estimate of drug-likeness (QED) is 0.901. The second kappa shape index (κ2) is 5.14. The average molecular weight is 279 g/mol. The minimum atomic E-state index is 0.179. The Labute approximate surface area is 118 Å². The summed E-state index contributed by atoms with van der Waals surface area (Å²) in [6, 6.07) is 6.38. The molecule has 2 fully saturated rings. The lowest BCUT2D eigenvalue weighted by Crippen LogP contribution is -2.41. The molecular formula is C15H19ClN2O. The average Bonchev–Trinajstić information content (AvgIpc) is 2.70. The number of piperidine rings is 1. The first-order valence-electron chi connectivity index (χ1n) is 6.92. The SMILES string of the molecule is Cc1ccc(CN2CC3NCCCC3C2=O)c(Cl)c1. The minimum Gasteiger partial charge on any atom is -0.336 e. The number of rotatable bonds is 2. The molecule has 2 atom stereocenters. The van der Waals surface area contributed by atoms with Crippen LogP contribution in [0.3, 0.4) is 0 Å². The van der Waals surface area contributed by atoms with E-state index in [4.69, 9.17) is 11.6 Å². The largest absolute Gasteiger partial charge is 0.336 e. The summed E-state index contributed by atoms with van der Waals surface area (Å²) in [7, 11) is 0. The van der Waals surface area contributed by atoms with Crippen LogP contribution in [-0.4, -0.2) is 29.9 Å². The molecule has 0 spiro atoms. The van der Waals surface area contributed by atoms with Crippen LogP contribution in [0.2, 0.25) is 5.02 Å². The number of fused-ring (bicyclic) bond motifs is 1. The number of aryl methyl sites for hydroxylation is 1. The highest BCUT2D eigenvalue weighted by molar-refractivity contribution is 6.31. The van der Waals surface area contributed by atoms with Crippen LogP contribution in [0.1, 0.15) is 24.0 Å². The molecule has 2 aliphatic rings. The zero-order chi connectivity index (χ0) is 13.4. The Morgan fingerprint density at radius 3 is 3.05 bits per heavy atom. The van der Waals surface area contributed by atoms with Crippen molar-refractivity contribution in [3.63, 3.8) is 0 Å². The molecule has 3 nitrogen and oxygen atoms in total. The molecule has 1 aromatic rings. The van der Waals surface area contributed by atoms with E-state index >= 15 is 0 Å². The highest BCUT2D eigenvalue weighted by atomic mass is 35.5. The van der Waals surface area contributed by atoms with Crippen LogP contribution in [0.15, 0.2) is 18.2 Å². The van der Waals surface area contributed by atoms with Crippen LogP contribution in [0, 0.1) is 12.8 Å². The van der Waals surface area contributed by atoms with Gasteiger partial charge in [0.15, 0.2) is 0 Å². The van der Waals surface area contributed by atoms with Crippen LogP contribution in [0.4, 0.5) is 0 Å². The summed E-state index contributed by atoms with van der Waals surface area (Å²) >= 11 is 6.25. The number of carbonyl (C=O) groups excluding carboxylic acids is 1. The van der Waals surface area contributed by atoms with Gasteiger partial charge in [0.1, 0.15) is 0 Å². The predicted octanol–water partition coefficient (Wildman–Crippen LogP) is 2.36. The first-order valence-corrected chi connectivity index (χ1v) is 7.30. The van der Waals surface area contributed by atoms with E-state index in [1.165, 1.54) is 0 Å². The highest BCUT2D eigenvalue weighted by Crippen LogP contribution is 2.29. The van der Waals surface area contributed by atoms with Gasteiger partial charge in [-0.2, -0.15) is 0 Å². The molecule has 0 aromatic heterocycles. The van der Waals surface area contributed by atoms with E-state index in [9.17, 15) is 4.79 Å². The van der Waals surface area contributed by atoms with Crippen molar-refractivity contribution in [1.29, 1.82) is 0 Å². The Morgan fingerprint density at radius 2 is 2.32 bits per heavy atom. The van der Waals surface area contributed by atoms with Crippen LogP contribution >= 0.6 is 11.6 Å². The van der Waals surface area contributed by atoms with Gasteiger partial charge >= 0.3 is 0 Å². The molecule has 2 heterocycles. The lowest BCUT2D eigenvalue weighted by Gasteiger charge is -2.23. The van der Waals surface area contributed by atoms with Crippen molar-refractivity contribution in [2.24, 2.45) is 5.92 Å². The van der Waals surface area contributed by atoms with E-state index in [1.807, 2.05) is 30.0 Å². The zero-order valence-electron chi connectivity index (χ0n) is 11.2. The van der Waals surface area contributed by atoms with E-state index < -0.39 is 0 Å². The summed E-state index contributed by atoms with van der Waals surface area (Å²) in [5.41, 5.74) is 2.19. The third-order valence-corrected chi connectivity index (χ3v) is 4.55. The Morgan fingerprint density at radius 1 is 1.47 bits per heavy atom. The van der Waals surface area contributed by atoms with Gasteiger partial charge in [-0.3, -0.25) is 4.79 Å². The molecule has 1 aromatic carbocycles. The summed E-state index contributed by atoms with van der Waals surface area (Å²) in [6.07, 6.45) is 2.13. The molecule has 0 bridgehead atoms. The number of likely N-dealkylation sites (tertiary alicyclic amines) is 1. The Bertz CT molecular complexity index is 503. The number of halogens is 1. The molecule has 2 unspecified atom stereocenters. The first kappa shape index (κ1) is 12.9. The molecule has 1 amide bonds.